The van der Waals surface area contributed by atoms with Gasteiger partial charge in [0.15, 0.2) is 11.5 Å². The molecule has 2 rings (SSSR count). The summed E-state index contributed by atoms with van der Waals surface area (Å²) in [5, 5.41) is 2.79. The number of amides is 1. The summed E-state index contributed by atoms with van der Waals surface area (Å²) in [6.45, 7) is 5.65. The third-order valence-corrected chi connectivity index (χ3v) is 3.87. The Morgan fingerprint density at radius 1 is 1.00 bits per heavy atom. The molecule has 0 aliphatic heterocycles. The molecule has 0 saturated heterocycles. The maximum absolute atomic E-state index is 12.5. The van der Waals surface area contributed by atoms with Crippen molar-refractivity contribution in [3.8, 4) is 17.2 Å². The first-order chi connectivity index (χ1) is 12.6. The van der Waals surface area contributed by atoms with Gasteiger partial charge < -0.3 is 24.4 Å². The highest BCUT2D eigenvalue weighted by Gasteiger charge is 2.16. The summed E-state index contributed by atoms with van der Waals surface area (Å²) in [5.74, 6) is 1.63. The van der Waals surface area contributed by atoms with Crippen LogP contribution in [0.25, 0.3) is 0 Å². The summed E-state index contributed by atoms with van der Waals surface area (Å²) in [7, 11) is 4.55. The second-order valence-corrected chi connectivity index (χ2v) is 5.31. The standard InChI is InChI=1S/C18H24N4O4/c1-6-22(7-2)18-19-10-12(11-20-18)17(23)21-13-8-14(24-3)16(26-5)15(9-13)25-4/h8-11H,6-7H2,1-5H3,(H,21,23). The average molecular weight is 360 g/mol. The molecule has 0 spiro atoms. The lowest BCUT2D eigenvalue weighted by atomic mass is 10.2. The summed E-state index contributed by atoms with van der Waals surface area (Å²) in [6.07, 6.45) is 3.02. The van der Waals surface area contributed by atoms with Crippen LogP contribution < -0.4 is 24.4 Å². The van der Waals surface area contributed by atoms with Crippen LogP contribution in [0.5, 0.6) is 17.2 Å². The lowest BCUT2D eigenvalue weighted by Crippen LogP contribution is -2.24. The molecule has 140 valence electrons. The highest BCUT2D eigenvalue weighted by atomic mass is 16.5. The molecule has 0 unspecified atom stereocenters. The van der Waals surface area contributed by atoms with Gasteiger partial charge in [-0.05, 0) is 13.8 Å². The van der Waals surface area contributed by atoms with Crippen molar-refractivity contribution in [3.05, 3.63) is 30.1 Å². The average Bonchev–Trinajstić information content (AvgIpc) is 2.68. The van der Waals surface area contributed by atoms with Gasteiger partial charge in [0, 0.05) is 43.3 Å². The van der Waals surface area contributed by atoms with E-state index in [9.17, 15) is 4.79 Å². The molecule has 1 heterocycles. The van der Waals surface area contributed by atoms with E-state index in [1.54, 1.807) is 12.1 Å². The minimum absolute atomic E-state index is 0.328. The molecule has 0 radical (unpaired) electrons. The monoisotopic (exact) mass is 360 g/mol. The van der Waals surface area contributed by atoms with Gasteiger partial charge in [0.1, 0.15) is 0 Å². The number of nitrogens with zero attached hydrogens (tertiary/aromatic N) is 3. The van der Waals surface area contributed by atoms with E-state index in [1.165, 1.54) is 33.7 Å². The molecule has 0 aliphatic carbocycles. The number of benzene rings is 1. The van der Waals surface area contributed by atoms with Crippen LogP contribution in [0, 0.1) is 0 Å². The number of nitrogens with one attached hydrogen (secondary N) is 1. The predicted molar refractivity (Wildman–Crippen MR) is 99.6 cm³/mol. The van der Waals surface area contributed by atoms with Crippen molar-refractivity contribution in [1.29, 1.82) is 0 Å². The van der Waals surface area contributed by atoms with Gasteiger partial charge in [-0.25, -0.2) is 9.97 Å². The van der Waals surface area contributed by atoms with Crippen molar-refractivity contribution < 1.29 is 19.0 Å². The Labute approximate surface area is 153 Å². The first-order valence-electron chi connectivity index (χ1n) is 8.26. The summed E-state index contributed by atoms with van der Waals surface area (Å²) >= 11 is 0. The van der Waals surface area contributed by atoms with Crippen molar-refractivity contribution in [2.24, 2.45) is 0 Å². The molecule has 1 N–H and O–H groups in total. The van der Waals surface area contributed by atoms with E-state index in [0.29, 0.717) is 34.4 Å². The molecule has 0 bridgehead atoms. The molecule has 8 nitrogen and oxygen atoms in total. The van der Waals surface area contributed by atoms with E-state index in [4.69, 9.17) is 14.2 Å². The smallest absolute Gasteiger partial charge is 0.258 e. The fourth-order valence-electron chi connectivity index (χ4n) is 2.46. The number of aromatic nitrogens is 2. The first-order valence-corrected chi connectivity index (χ1v) is 8.26. The largest absolute Gasteiger partial charge is 0.493 e. The van der Waals surface area contributed by atoms with Gasteiger partial charge >= 0.3 is 0 Å². The van der Waals surface area contributed by atoms with Gasteiger partial charge in [0.2, 0.25) is 11.7 Å². The molecule has 1 aromatic carbocycles. The summed E-state index contributed by atoms with van der Waals surface area (Å²) < 4.78 is 15.8. The number of methoxy groups -OCH3 is 3. The second-order valence-electron chi connectivity index (χ2n) is 5.31. The van der Waals surface area contributed by atoms with Crippen LogP contribution in [0.4, 0.5) is 11.6 Å². The zero-order chi connectivity index (χ0) is 19.1. The molecule has 0 aliphatic rings. The summed E-state index contributed by atoms with van der Waals surface area (Å²) in [4.78, 5) is 23.0. The van der Waals surface area contributed by atoms with Crippen LogP contribution in [-0.4, -0.2) is 50.3 Å². The maximum Gasteiger partial charge on any atom is 0.258 e. The Morgan fingerprint density at radius 2 is 1.54 bits per heavy atom. The van der Waals surface area contributed by atoms with Crippen LogP contribution in [0.3, 0.4) is 0 Å². The quantitative estimate of drug-likeness (QED) is 0.774. The SMILES string of the molecule is CCN(CC)c1ncc(C(=O)Nc2cc(OC)c(OC)c(OC)c2)cn1. The Hall–Kier alpha value is -3.03. The van der Waals surface area contributed by atoms with Crippen LogP contribution in [0.15, 0.2) is 24.5 Å². The van der Waals surface area contributed by atoms with Gasteiger partial charge in [-0.2, -0.15) is 0 Å². The predicted octanol–water partition coefficient (Wildman–Crippen LogP) is 2.60. The third-order valence-electron chi connectivity index (χ3n) is 3.87. The molecule has 2 aromatic rings. The number of anilines is 2. The lowest BCUT2D eigenvalue weighted by Gasteiger charge is -2.18. The van der Waals surface area contributed by atoms with Crippen LogP contribution in [0.1, 0.15) is 24.2 Å². The van der Waals surface area contributed by atoms with E-state index in [1.807, 2.05) is 18.7 Å². The number of hydrogen-bond donors (Lipinski definition) is 1. The minimum atomic E-state index is -0.328. The van der Waals surface area contributed by atoms with Crippen LogP contribution in [-0.2, 0) is 0 Å². The van der Waals surface area contributed by atoms with Gasteiger partial charge in [0.25, 0.3) is 5.91 Å². The normalized spacial score (nSPS) is 10.2. The van der Waals surface area contributed by atoms with Gasteiger partial charge in [-0.3, -0.25) is 4.79 Å². The van der Waals surface area contributed by atoms with E-state index in [-0.39, 0.29) is 5.91 Å². The Morgan fingerprint density at radius 3 is 1.96 bits per heavy atom. The van der Waals surface area contributed by atoms with E-state index < -0.39 is 0 Å². The number of carbonyl (C=O) groups excluding carboxylic acids is 1. The molecule has 8 heteroatoms. The minimum Gasteiger partial charge on any atom is -0.493 e. The molecule has 0 saturated carbocycles. The number of rotatable bonds is 8. The van der Waals surface area contributed by atoms with E-state index >= 15 is 0 Å². The van der Waals surface area contributed by atoms with Crippen molar-refractivity contribution in [2.75, 3.05) is 44.6 Å². The lowest BCUT2D eigenvalue weighted by molar-refractivity contribution is 0.102. The van der Waals surface area contributed by atoms with Crippen molar-refractivity contribution in [3.63, 3.8) is 0 Å². The van der Waals surface area contributed by atoms with E-state index in [2.05, 4.69) is 15.3 Å². The molecule has 26 heavy (non-hydrogen) atoms. The van der Waals surface area contributed by atoms with Crippen molar-refractivity contribution >= 4 is 17.5 Å². The molecule has 0 atom stereocenters. The van der Waals surface area contributed by atoms with Gasteiger partial charge in [0.05, 0.1) is 26.9 Å². The third kappa shape index (κ3) is 4.14. The maximum atomic E-state index is 12.5. The fraction of sp³-hybridized carbons (Fsp3) is 0.389. The van der Waals surface area contributed by atoms with Crippen LogP contribution in [0.2, 0.25) is 0 Å². The summed E-state index contributed by atoms with van der Waals surface area (Å²) in [6, 6.07) is 3.31. The molecular weight excluding hydrogens is 336 g/mol. The Bertz CT molecular complexity index is 720. The number of carbonyl (C=O) groups is 1. The summed E-state index contributed by atoms with van der Waals surface area (Å²) in [5.41, 5.74) is 0.868. The molecule has 1 amide bonds. The fourth-order valence-corrected chi connectivity index (χ4v) is 2.46. The Balaban J connectivity index is 2.21. The topological polar surface area (TPSA) is 85.8 Å². The van der Waals surface area contributed by atoms with Crippen molar-refractivity contribution in [2.45, 2.75) is 13.8 Å². The highest BCUT2D eigenvalue weighted by Crippen LogP contribution is 2.39. The second kappa shape index (κ2) is 8.89. The first kappa shape index (κ1) is 19.3. The zero-order valence-corrected chi connectivity index (χ0v) is 15.7. The molecular formula is C18H24N4O4. The zero-order valence-electron chi connectivity index (χ0n) is 15.7. The highest BCUT2D eigenvalue weighted by molar-refractivity contribution is 6.04. The Kier molecular flexibility index (Phi) is 6.60. The number of ether oxygens (including phenoxy) is 3. The molecule has 1 aromatic heterocycles. The van der Waals surface area contributed by atoms with E-state index in [0.717, 1.165) is 13.1 Å². The number of hydrogen-bond acceptors (Lipinski definition) is 7. The van der Waals surface area contributed by atoms with Crippen LogP contribution >= 0.6 is 0 Å². The van der Waals surface area contributed by atoms with Gasteiger partial charge in [-0.1, -0.05) is 0 Å². The van der Waals surface area contributed by atoms with Gasteiger partial charge in [-0.15, -0.1) is 0 Å². The molecule has 0 fully saturated rings. The van der Waals surface area contributed by atoms with Crippen molar-refractivity contribution in [1.82, 2.24) is 9.97 Å².